The highest BCUT2D eigenvalue weighted by Gasteiger charge is 2.25. The van der Waals surface area contributed by atoms with Crippen molar-refractivity contribution in [2.24, 2.45) is 5.92 Å². The topological polar surface area (TPSA) is 77.8 Å². The number of hydrogen-bond acceptors (Lipinski definition) is 3. The van der Waals surface area contributed by atoms with Gasteiger partial charge in [-0.2, -0.15) is 0 Å². The number of aliphatic hydroxyl groups is 1. The van der Waals surface area contributed by atoms with Gasteiger partial charge in [-0.1, -0.05) is 26.2 Å². The average Bonchev–Trinajstić information content (AvgIpc) is 2.44. The monoisotopic (exact) mass is 285 g/mol. The smallest absolute Gasteiger partial charge is 0.305 e. The molecule has 0 saturated heterocycles. The van der Waals surface area contributed by atoms with Gasteiger partial charge >= 0.3 is 5.97 Å². The van der Waals surface area contributed by atoms with Crippen LogP contribution in [0.4, 0.5) is 0 Å². The van der Waals surface area contributed by atoms with Crippen LogP contribution in [0.5, 0.6) is 0 Å². The largest absolute Gasteiger partial charge is 0.481 e. The molecule has 0 aromatic carbocycles. The number of nitrogens with zero attached hydrogens (tertiary/aromatic N) is 1. The molecule has 2 N–H and O–H groups in total. The first-order chi connectivity index (χ1) is 9.58. The molecular weight excluding hydrogens is 258 g/mol. The van der Waals surface area contributed by atoms with Gasteiger partial charge in [0.15, 0.2) is 0 Å². The molecule has 0 heterocycles. The number of rotatable bonds is 8. The number of carboxylic acid groups (broad SMARTS) is 1. The lowest BCUT2D eigenvalue weighted by molar-refractivity contribution is -0.140. The Morgan fingerprint density at radius 1 is 1.25 bits per heavy atom. The van der Waals surface area contributed by atoms with Crippen molar-refractivity contribution in [2.75, 3.05) is 13.2 Å². The molecule has 1 unspecified atom stereocenters. The molecule has 0 bridgehead atoms. The molecule has 0 aromatic rings. The fourth-order valence-corrected chi connectivity index (χ4v) is 2.93. The van der Waals surface area contributed by atoms with Crippen LogP contribution in [0.1, 0.15) is 58.3 Å². The summed E-state index contributed by atoms with van der Waals surface area (Å²) in [6.45, 7) is 2.00. The molecule has 0 aliphatic heterocycles. The number of carbonyl (C=O) groups is 2. The van der Waals surface area contributed by atoms with Crippen LogP contribution in [0.25, 0.3) is 0 Å². The summed E-state index contributed by atoms with van der Waals surface area (Å²) in [5.74, 6) is -0.480. The summed E-state index contributed by atoms with van der Waals surface area (Å²) in [5.41, 5.74) is 0. The third kappa shape index (κ3) is 5.49. The van der Waals surface area contributed by atoms with E-state index in [0.29, 0.717) is 18.8 Å². The molecule has 1 aliphatic carbocycles. The van der Waals surface area contributed by atoms with E-state index < -0.39 is 5.97 Å². The summed E-state index contributed by atoms with van der Waals surface area (Å²) in [4.78, 5) is 24.7. The Bertz CT molecular complexity index is 309. The number of hydrogen-bond donors (Lipinski definition) is 2. The second-order valence-electron chi connectivity index (χ2n) is 5.68. The summed E-state index contributed by atoms with van der Waals surface area (Å²) < 4.78 is 0. The number of amides is 1. The highest BCUT2D eigenvalue weighted by Crippen LogP contribution is 2.27. The zero-order valence-electron chi connectivity index (χ0n) is 12.4. The quantitative estimate of drug-likeness (QED) is 0.715. The Morgan fingerprint density at radius 2 is 1.90 bits per heavy atom. The van der Waals surface area contributed by atoms with E-state index in [1.54, 1.807) is 4.90 Å². The molecule has 116 valence electrons. The van der Waals surface area contributed by atoms with Crippen molar-refractivity contribution in [3.05, 3.63) is 0 Å². The lowest BCUT2D eigenvalue weighted by atomic mass is 9.86. The van der Waals surface area contributed by atoms with Crippen molar-refractivity contribution in [1.82, 2.24) is 4.90 Å². The number of carbonyl (C=O) groups excluding carboxylic acids is 1. The van der Waals surface area contributed by atoms with E-state index in [-0.39, 0.29) is 31.5 Å². The molecule has 1 aliphatic rings. The van der Waals surface area contributed by atoms with E-state index >= 15 is 0 Å². The molecular formula is C15H27NO4. The van der Waals surface area contributed by atoms with Crippen LogP contribution in [-0.2, 0) is 9.59 Å². The van der Waals surface area contributed by atoms with Gasteiger partial charge in [-0.3, -0.25) is 9.59 Å². The van der Waals surface area contributed by atoms with Crippen molar-refractivity contribution in [2.45, 2.75) is 64.3 Å². The van der Waals surface area contributed by atoms with Gasteiger partial charge in [0, 0.05) is 13.0 Å². The van der Waals surface area contributed by atoms with Gasteiger partial charge in [0.1, 0.15) is 0 Å². The zero-order chi connectivity index (χ0) is 15.0. The van der Waals surface area contributed by atoms with Gasteiger partial charge in [0.25, 0.3) is 0 Å². The Labute approximate surface area is 121 Å². The van der Waals surface area contributed by atoms with E-state index in [9.17, 15) is 14.7 Å². The van der Waals surface area contributed by atoms with Crippen molar-refractivity contribution in [3.63, 3.8) is 0 Å². The van der Waals surface area contributed by atoms with Gasteiger partial charge in [-0.25, -0.2) is 0 Å². The minimum Gasteiger partial charge on any atom is -0.481 e. The standard InChI is InChI=1S/C15H27NO4/c1-2-13(11-17)16(9-8-15(19)20)14(18)10-12-6-4-3-5-7-12/h12-13,17H,2-11H2,1H3,(H,19,20). The molecule has 1 atom stereocenters. The first-order valence-electron chi connectivity index (χ1n) is 7.70. The second-order valence-corrected chi connectivity index (χ2v) is 5.68. The molecule has 0 radical (unpaired) electrons. The zero-order valence-corrected chi connectivity index (χ0v) is 12.4. The second kappa shape index (κ2) is 8.95. The van der Waals surface area contributed by atoms with Crippen LogP contribution in [0.2, 0.25) is 0 Å². The molecule has 1 saturated carbocycles. The molecule has 0 spiro atoms. The predicted octanol–water partition coefficient (Wildman–Crippen LogP) is 2.03. The Kier molecular flexibility index (Phi) is 7.59. The van der Waals surface area contributed by atoms with Crippen LogP contribution in [-0.4, -0.2) is 46.2 Å². The Balaban J connectivity index is 2.59. The molecule has 1 rings (SSSR count). The van der Waals surface area contributed by atoms with Gasteiger partial charge in [0.05, 0.1) is 19.1 Å². The highest BCUT2D eigenvalue weighted by atomic mass is 16.4. The average molecular weight is 285 g/mol. The Morgan fingerprint density at radius 3 is 2.40 bits per heavy atom. The first-order valence-corrected chi connectivity index (χ1v) is 7.70. The van der Waals surface area contributed by atoms with Crippen molar-refractivity contribution >= 4 is 11.9 Å². The summed E-state index contributed by atoms with van der Waals surface area (Å²) >= 11 is 0. The summed E-state index contributed by atoms with van der Waals surface area (Å²) in [6, 6.07) is -0.259. The van der Waals surface area contributed by atoms with Gasteiger partial charge in [0.2, 0.25) is 5.91 Å². The van der Waals surface area contributed by atoms with Crippen LogP contribution in [0.3, 0.4) is 0 Å². The maximum Gasteiger partial charge on any atom is 0.305 e. The molecule has 1 amide bonds. The lowest BCUT2D eigenvalue weighted by Gasteiger charge is -2.31. The minimum atomic E-state index is -0.909. The molecule has 1 fully saturated rings. The van der Waals surface area contributed by atoms with Gasteiger partial charge in [-0.15, -0.1) is 0 Å². The molecule has 5 nitrogen and oxygen atoms in total. The van der Waals surface area contributed by atoms with Gasteiger partial charge < -0.3 is 15.1 Å². The number of aliphatic carboxylic acids is 1. The summed E-state index contributed by atoms with van der Waals surface area (Å²) in [6.07, 6.45) is 6.88. The predicted molar refractivity (Wildman–Crippen MR) is 76.3 cm³/mol. The van der Waals surface area contributed by atoms with E-state index in [4.69, 9.17) is 5.11 Å². The van der Waals surface area contributed by atoms with Crippen molar-refractivity contribution < 1.29 is 19.8 Å². The summed E-state index contributed by atoms with van der Waals surface area (Å²) in [7, 11) is 0. The maximum atomic E-state index is 12.4. The number of carboxylic acids is 1. The maximum absolute atomic E-state index is 12.4. The van der Waals surface area contributed by atoms with Crippen LogP contribution < -0.4 is 0 Å². The van der Waals surface area contributed by atoms with Crippen molar-refractivity contribution in [3.8, 4) is 0 Å². The fourth-order valence-electron chi connectivity index (χ4n) is 2.93. The van der Waals surface area contributed by atoms with E-state index in [0.717, 1.165) is 12.8 Å². The van der Waals surface area contributed by atoms with Crippen LogP contribution in [0.15, 0.2) is 0 Å². The SMILES string of the molecule is CCC(CO)N(CCC(=O)O)C(=O)CC1CCCCC1. The van der Waals surface area contributed by atoms with Crippen molar-refractivity contribution in [1.29, 1.82) is 0 Å². The summed E-state index contributed by atoms with van der Waals surface area (Å²) in [5, 5.41) is 18.2. The van der Waals surface area contributed by atoms with Crippen LogP contribution >= 0.6 is 0 Å². The fraction of sp³-hybridized carbons (Fsp3) is 0.867. The molecule has 5 heteroatoms. The first kappa shape index (κ1) is 17.0. The third-order valence-corrected chi connectivity index (χ3v) is 4.20. The van der Waals surface area contributed by atoms with Crippen LogP contribution in [0, 0.1) is 5.92 Å². The van der Waals surface area contributed by atoms with E-state index in [1.165, 1.54) is 19.3 Å². The lowest BCUT2D eigenvalue weighted by Crippen LogP contribution is -2.44. The minimum absolute atomic E-state index is 0.000880. The Hall–Kier alpha value is -1.10. The highest BCUT2D eigenvalue weighted by molar-refractivity contribution is 5.77. The van der Waals surface area contributed by atoms with E-state index in [2.05, 4.69) is 0 Å². The third-order valence-electron chi connectivity index (χ3n) is 4.20. The normalized spacial score (nSPS) is 17.7. The van der Waals surface area contributed by atoms with Gasteiger partial charge in [-0.05, 0) is 25.2 Å². The van der Waals surface area contributed by atoms with E-state index in [1.807, 2.05) is 6.92 Å². The number of aliphatic hydroxyl groups excluding tert-OH is 1. The molecule has 0 aromatic heterocycles. The molecule has 20 heavy (non-hydrogen) atoms.